The van der Waals surface area contributed by atoms with Crippen LogP contribution in [0.1, 0.15) is 12.8 Å². The third kappa shape index (κ3) is 1.89. The maximum atomic E-state index is 12.1. The molecule has 0 amide bonds. The summed E-state index contributed by atoms with van der Waals surface area (Å²) in [4.78, 5) is 24.5. The Kier molecular flexibility index (Phi) is 2.73. The van der Waals surface area contributed by atoms with Gasteiger partial charge in [0.15, 0.2) is 0 Å². The summed E-state index contributed by atoms with van der Waals surface area (Å²) >= 11 is 0. The SMILES string of the molecule is O=c1[nH]c(N2CCN3CCC[C@H]3C2)nc2ccccc12. The molecule has 2 fully saturated rings. The number of fused-ring (bicyclic) bond motifs is 2. The first-order valence-corrected chi connectivity index (χ1v) is 7.29. The minimum atomic E-state index is -0.0422. The summed E-state index contributed by atoms with van der Waals surface area (Å²) in [5.41, 5.74) is 0.736. The highest BCUT2D eigenvalue weighted by Crippen LogP contribution is 2.23. The van der Waals surface area contributed by atoms with Crippen molar-refractivity contribution in [3.63, 3.8) is 0 Å². The molecule has 1 aromatic carbocycles. The molecule has 2 saturated heterocycles. The topological polar surface area (TPSA) is 52.2 Å². The molecule has 4 rings (SSSR count). The predicted molar refractivity (Wildman–Crippen MR) is 79.2 cm³/mol. The van der Waals surface area contributed by atoms with E-state index in [9.17, 15) is 4.79 Å². The summed E-state index contributed by atoms with van der Waals surface area (Å²) in [6, 6.07) is 8.14. The Balaban J connectivity index is 1.70. The van der Waals surface area contributed by atoms with Crippen LogP contribution in [0.25, 0.3) is 10.9 Å². The van der Waals surface area contributed by atoms with E-state index in [1.165, 1.54) is 19.4 Å². The molecule has 5 nitrogen and oxygen atoms in total. The molecule has 2 aromatic rings. The van der Waals surface area contributed by atoms with Crippen molar-refractivity contribution in [3.05, 3.63) is 34.6 Å². The average Bonchev–Trinajstić information content (AvgIpc) is 2.94. The lowest BCUT2D eigenvalue weighted by molar-refractivity contribution is 0.229. The number of hydrogen-bond acceptors (Lipinski definition) is 4. The van der Waals surface area contributed by atoms with Crippen LogP contribution in [-0.4, -0.2) is 47.1 Å². The molecule has 104 valence electrons. The second-order valence-electron chi connectivity index (χ2n) is 5.68. The molecular weight excluding hydrogens is 252 g/mol. The van der Waals surface area contributed by atoms with E-state index in [-0.39, 0.29) is 5.56 Å². The summed E-state index contributed by atoms with van der Waals surface area (Å²) < 4.78 is 0. The predicted octanol–water partition coefficient (Wildman–Crippen LogP) is 1.21. The third-order valence-electron chi connectivity index (χ3n) is 4.49. The second-order valence-corrected chi connectivity index (χ2v) is 5.68. The first-order valence-electron chi connectivity index (χ1n) is 7.29. The van der Waals surface area contributed by atoms with Crippen LogP contribution in [0.15, 0.2) is 29.1 Å². The van der Waals surface area contributed by atoms with Crippen LogP contribution >= 0.6 is 0 Å². The number of nitrogens with one attached hydrogen (secondary N) is 1. The molecular formula is C15H18N4O. The van der Waals surface area contributed by atoms with Gasteiger partial charge in [0.2, 0.25) is 5.95 Å². The quantitative estimate of drug-likeness (QED) is 0.846. The Bertz CT molecular complexity index is 696. The first-order chi connectivity index (χ1) is 9.81. The normalized spacial score (nSPS) is 23.2. The lowest BCUT2D eigenvalue weighted by Crippen LogP contribution is -2.50. The van der Waals surface area contributed by atoms with Gasteiger partial charge in [0.05, 0.1) is 10.9 Å². The molecule has 0 spiro atoms. The molecule has 5 heteroatoms. The third-order valence-corrected chi connectivity index (χ3v) is 4.49. The smallest absolute Gasteiger partial charge is 0.260 e. The zero-order chi connectivity index (χ0) is 13.5. The molecule has 2 aliphatic rings. The largest absolute Gasteiger partial charge is 0.339 e. The second kappa shape index (κ2) is 4.59. The van der Waals surface area contributed by atoms with E-state index in [0.29, 0.717) is 11.4 Å². The monoisotopic (exact) mass is 270 g/mol. The van der Waals surface area contributed by atoms with Gasteiger partial charge in [-0.05, 0) is 31.5 Å². The number of anilines is 1. The Morgan fingerprint density at radius 2 is 2.10 bits per heavy atom. The average molecular weight is 270 g/mol. The molecule has 20 heavy (non-hydrogen) atoms. The lowest BCUT2D eigenvalue weighted by atomic mass is 10.1. The Morgan fingerprint density at radius 1 is 1.20 bits per heavy atom. The molecule has 1 N–H and O–H groups in total. The maximum absolute atomic E-state index is 12.1. The van der Waals surface area contributed by atoms with E-state index in [1.54, 1.807) is 0 Å². The van der Waals surface area contributed by atoms with E-state index in [4.69, 9.17) is 0 Å². The number of aromatic amines is 1. The Morgan fingerprint density at radius 3 is 3.05 bits per heavy atom. The number of rotatable bonds is 1. The van der Waals surface area contributed by atoms with Gasteiger partial charge >= 0.3 is 0 Å². The highest BCUT2D eigenvalue weighted by atomic mass is 16.1. The van der Waals surface area contributed by atoms with E-state index < -0.39 is 0 Å². The number of hydrogen-bond donors (Lipinski definition) is 1. The van der Waals surface area contributed by atoms with E-state index >= 15 is 0 Å². The van der Waals surface area contributed by atoms with Gasteiger partial charge < -0.3 is 4.90 Å². The number of para-hydroxylation sites is 1. The van der Waals surface area contributed by atoms with E-state index in [1.807, 2.05) is 24.3 Å². The van der Waals surface area contributed by atoms with E-state index in [0.717, 1.165) is 31.1 Å². The first kappa shape index (κ1) is 11.9. The molecule has 0 saturated carbocycles. The molecule has 0 radical (unpaired) electrons. The molecule has 2 aliphatic heterocycles. The zero-order valence-electron chi connectivity index (χ0n) is 11.4. The van der Waals surface area contributed by atoms with Crippen LogP contribution < -0.4 is 10.5 Å². The van der Waals surface area contributed by atoms with Gasteiger partial charge in [-0.3, -0.25) is 14.7 Å². The van der Waals surface area contributed by atoms with Crippen LogP contribution in [0.4, 0.5) is 5.95 Å². The zero-order valence-corrected chi connectivity index (χ0v) is 11.4. The fourth-order valence-electron chi connectivity index (χ4n) is 3.41. The number of nitrogens with zero attached hydrogens (tertiary/aromatic N) is 3. The van der Waals surface area contributed by atoms with Gasteiger partial charge in [-0.2, -0.15) is 0 Å². The molecule has 3 heterocycles. The highest BCUT2D eigenvalue weighted by Gasteiger charge is 2.31. The Labute approximate surface area is 117 Å². The summed E-state index contributed by atoms with van der Waals surface area (Å²) in [7, 11) is 0. The summed E-state index contributed by atoms with van der Waals surface area (Å²) in [5, 5.41) is 0.663. The van der Waals surface area contributed by atoms with Crippen molar-refractivity contribution in [1.82, 2.24) is 14.9 Å². The fourth-order valence-corrected chi connectivity index (χ4v) is 3.41. The van der Waals surface area contributed by atoms with Crippen molar-refractivity contribution in [3.8, 4) is 0 Å². The van der Waals surface area contributed by atoms with Gasteiger partial charge in [0.25, 0.3) is 5.56 Å². The molecule has 0 unspecified atom stereocenters. The van der Waals surface area contributed by atoms with Gasteiger partial charge in [-0.15, -0.1) is 0 Å². The number of benzene rings is 1. The van der Waals surface area contributed by atoms with Crippen LogP contribution in [0, 0.1) is 0 Å². The molecule has 1 atom stereocenters. The van der Waals surface area contributed by atoms with E-state index in [2.05, 4.69) is 19.8 Å². The molecule has 1 aromatic heterocycles. The van der Waals surface area contributed by atoms with Crippen molar-refractivity contribution >= 4 is 16.9 Å². The fraction of sp³-hybridized carbons (Fsp3) is 0.467. The van der Waals surface area contributed by atoms with Crippen molar-refractivity contribution in [2.45, 2.75) is 18.9 Å². The Hall–Kier alpha value is -1.88. The van der Waals surface area contributed by atoms with Crippen LogP contribution in [0.2, 0.25) is 0 Å². The van der Waals surface area contributed by atoms with Crippen LogP contribution in [0.3, 0.4) is 0 Å². The molecule has 0 bridgehead atoms. The van der Waals surface area contributed by atoms with Crippen LogP contribution in [-0.2, 0) is 0 Å². The summed E-state index contributed by atoms with van der Waals surface area (Å²) in [6.07, 6.45) is 2.55. The molecule has 0 aliphatic carbocycles. The van der Waals surface area contributed by atoms with Crippen LogP contribution in [0.5, 0.6) is 0 Å². The lowest BCUT2D eigenvalue weighted by Gasteiger charge is -2.37. The van der Waals surface area contributed by atoms with Gasteiger partial charge in [0.1, 0.15) is 0 Å². The minimum Gasteiger partial charge on any atom is -0.339 e. The summed E-state index contributed by atoms with van der Waals surface area (Å²) in [6.45, 7) is 4.21. The maximum Gasteiger partial charge on any atom is 0.260 e. The standard InChI is InChI=1S/C15H18N4O/c20-14-12-5-1-2-6-13(12)16-15(17-14)19-9-8-18-7-3-4-11(18)10-19/h1-2,5-6,11H,3-4,7-10H2,(H,16,17,20)/t11-/m0/s1. The summed E-state index contributed by atoms with van der Waals surface area (Å²) in [5.74, 6) is 0.722. The van der Waals surface area contributed by atoms with Crippen molar-refractivity contribution < 1.29 is 0 Å². The van der Waals surface area contributed by atoms with Gasteiger partial charge in [-0.25, -0.2) is 4.98 Å². The van der Waals surface area contributed by atoms with Crippen molar-refractivity contribution in [2.24, 2.45) is 0 Å². The number of H-pyrrole nitrogens is 1. The van der Waals surface area contributed by atoms with Gasteiger partial charge in [-0.1, -0.05) is 12.1 Å². The highest BCUT2D eigenvalue weighted by molar-refractivity contribution is 5.78. The van der Waals surface area contributed by atoms with Gasteiger partial charge in [0, 0.05) is 25.7 Å². The minimum absolute atomic E-state index is 0.0422. The van der Waals surface area contributed by atoms with Crippen molar-refractivity contribution in [1.29, 1.82) is 0 Å². The number of piperazine rings is 1. The number of aromatic nitrogens is 2. The van der Waals surface area contributed by atoms with Crippen molar-refractivity contribution in [2.75, 3.05) is 31.1 Å².